The summed E-state index contributed by atoms with van der Waals surface area (Å²) in [5, 5.41) is 4.98. The van der Waals surface area contributed by atoms with Crippen LogP contribution in [-0.4, -0.2) is 4.98 Å². The van der Waals surface area contributed by atoms with Gasteiger partial charge in [0.25, 0.3) is 0 Å². The smallest absolute Gasteiger partial charge is 0.227 e. The molecule has 1 aliphatic carbocycles. The lowest BCUT2D eigenvalue weighted by atomic mass is 10.0. The van der Waals surface area contributed by atoms with Gasteiger partial charge in [-0.25, -0.2) is 4.98 Å². The third-order valence-corrected chi connectivity index (χ3v) is 10.4. The van der Waals surface area contributed by atoms with Gasteiger partial charge in [0, 0.05) is 53.6 Å². The number of thiophene rings is 1. The summed E-state index contributed by atoms with van der Waals surface area (Å²) in [6.45, 7) is 0. The van der Waals surface area contributed by atoms with E-state index >= 15 is 0 Å². The Morgan fingerprint density at radius 3 is 1.91 bits per heavy atom. The fourth-order valence-corrected chi connectivity index (χ4v) is 8.22. The van der Waals surface area contributed by atoms with Gasteiger partial charge in [0.2, 0.25) is 5.89 Å². The molecule has 1 aliphatic rings. The summed E-state index contributed by atoms with van der Waals surface area (Å²) >= 11 is 1.84. The van der Waals surface area contributed by atoms with Crippen LogP contribution in [0.1, 0.15) is 0 Å². The Bertz CT molecular complexity index is 2560. The van der Waals surface area contributed by atoms with Crippen LogP contribution in [0.5, 0.6) is 0 Å². The Hall–Kier alpha value is -5.97. The second-order valence-electron chi connectivity index (χ2n) is 11.9. The molecule has 9 aromatic rings. The minimum Gasteiger partial charge on any atom is -0.435 e. The van der Waals surface area contributed by atoms with Gasteiger partial charge in [0.05, 0.1) is 5.69 Å². The Morgan fingerprint density at radius 1 is 0.489 bits per heavy atom. The first-order chi connectivity index (χ1) is 23.3. The quantitative estimate of drug-likeness (QED) is 0.192. The van der Waals surface area contributed by atoms with Crippen molar-refractivity contribution in [2.45, 2.75) is 0 Å². The van der Waals surface area contributed by atoms with Gasteiger partial charge in [0.1, 0.15) is 5.69 Å². The normalized spacial score (nSPS) is 11.8. The fourth-order valence-electron chi connectivity index (χ4n) is 7.09. The molecule has 7 aromatic carbocycles. The molecule has 0 fully saturated rings. The molecule has 4 heteroatoms. The highest BCUT2D eigenvalue weighted by atomic mass is 32.1. The van der Waals surface area contributed by atoms with Crippen molar-refractivity contribution >= 4 is 59.3 Å². The second-order valence-corrected chi connectivity index (χ2v) is 13.0. The molecule has 3 nitrogen and oxygen atoms in total. The average Bonchev–Trinajstić information content (AvgIpc) is 3.83. The monoisotopic (exact) mass is 618 g/mol. The maximum Gasteiger partial charge on any atom is 0.227 e. The number of nitrogens with zero attached hydrogens (tertiary/aromatic N) is 2. The van der Waals surface area contributed by atoms with E-state index in [0.717, 1.165) is 45.2 Å². The molecule has 47 heavy (non-hydrogen) atoms. The number of fused-ring (bicyclic) bond motifs is 6. The minimum atomic E-state index is 0.637. The number of hydrogen-bond acceptors (Lipinski definition) is 4. The lowest BCUT2D eigenvalue weighted by Crippen LogP contribution is -2.10. The number of oxazole rings is 1. The van der Waals surface area contributed by atoms with Crippen LogP contribution in [0.4, 0.5) is 17.1 Å². The molecule has 0 radical (unpaired) electrons. The van der Waals surface area contributed by atoms with Gasteiger partial charge in [-0.2, -0.15) is 0 Å². The van der Waals surface area contributed by atoms with Crippen LogP contribution in [0.2, 0.25) is 0 Å². The van der Waals surface area contributed by atoms with E-state index in [1.165, 1.54) is 42.1 Å². The second kappa shape index (κ2) is 10.3. The number of benzene rings is 7. The summed E-state index contributed by atoms with van der Waals surface area (Å²) in [4.78, 5) is 7.39. The highest BCUT2D eigenvalue weighted by molar-refractivity contribution is 7.26. The summed E-state index contributed by atoms with van der Waals surface area (Å²) in [6.07, 6.45) is 0. The van der Waals surface area contributed by atoms with Crippen LogP contribution in [0.3, 0.4) is 0 Å². The minimum absolute atomic E-state index is 0.637. The molecule has 2 heterocycles. The summed E-state index contributed by atoms with van der Waals surface area (Å²) in [7, 11) is 0. The summed E-state index contributed by atoms with van der Waals surface area (Å²) in [6, 6.07) is 56.1. The summed E-state index contributed by atoms with van der Waals surface area (Å²) < 4.78 is 9.05. The third-order valence-electron chi connectivity index (χ3n) is 9.26. The first-order valence-electron chi connectivity index (χ1n) is 15.8. The van der Waals surface area contributed by atoms with Crippen molar-refractivity contribution in [3.63, 3.8) is 0 Å². The molecular weight excluding hydrogens is 593 g/mol. The Morgan fingerprint density at radius 2 is 1.13 bits per heavy atom. The van der Waals surface area contributed by atoms with E-state index in [4.69, 9.17) is 9.40 Å². The molecule has 0 aliphatic heterocycles. The summed E-state index contributed by atoms with van der Waals surface area (Å²) in [5.74, 6) is 1.49. The molecule has 0 amide bonds. The van der Waals surface area contributed by atoms with Crippen LogP contribution in [0.15, 0.2) is 162 Å². The summed E-state index contributed by atoms with van der Waals surface area (Å²) in [5.41, 5.74) is 9.85. The van der Waals surface area contributed by atoms with Gasteiger partial charge in [-0.15, -0.1) is 11.3 Å². The topological polar surface area (TPSA) is 29.3 Å². The van der Waals surface area contributed by atoms with Crippen molar-refractivity contribution < 1.29 is 4.42 Å². The largest absolute Gasteiger partial charge is 0.435 e. The number of hydrogen-bond donors (Lipinski definition) is 0. The zero-order chi connectivity index (χ0) is 30.9. The molecule has 0 saturated heterocycles. The van der Waals surface area contributed by atoms with Gasteiger partial charge in [-0.05, 0) is 71.1 Å². The molecule has 0 N–H and O–H groups in total. The van der Waals surface area contributed by atoms with Gasteiger partial charge >= 0.3 is 0 Å². The van der Waals surface area contributed by atoms with Crippen LogP contribution in [0.25, 0.3) is 76.1 Å². The highest BCUT2D eigenvalue weighted by Crippen LogP contribution is 2.49. The van der Waals surface area contributed by atoms with Gasteiger partial charge in [-0.3, -0.25) is 0 Å². The van der Waals surface area contributed by atoms with E-state index in [-0.39, 0.29) is 0 Å². The van der Waals surface area contributed by atoms with Crippen molar-refractivity contribution in [2.24, 2.45) is 0 Å². The van der Waals surface area contributed by atoms with E-state index < -0.39 is 0 Å². The van der Waals surface area contributed by atoms with E-state index in [2.05, 4.69) is 163 Å². The molecule has 0 saturated carbocycles. The Kier molecular flexibility index (Phi) is 5.74. The fraction of sp³-hybridized carbons (Fsp3) is 0. The SMILES string of the molecule is c1ccc(-c2ccc(N(c3ccc(-c4nc5c(o4)-c4cccc6cccc-5c46)cc3)c3cccc4sc5ccccc5c34)cc2)cc1. The van der Waals surface area contributed by atoms with Crippen LogP contribution in [0, 0.1) is 0 Å². The maximum absolute atomic E-state index is 6.48. The first-order valence-corrected chi connectivity index (χ1v) is 16.6. The maximum atomic E-state index is 6.48. The van der Waals surface area contributed by atoms with Crippen molar-refractivity contribution in [3.8, 4) is 45.2 Å². The molecule has 2 aromatic heterocycles. The van der Waals surface area contributed by atoms with Crippen molar-refractivity contribution in [1.29, 1.82) is 0 Å². The van der Waals surface area contributed by atoms with Crippen molar-refractivity contribution in [3.05, 3.63) is 158 Å². The molecule has 0 atom stereocenters. The predicted octanol–water partition coefficient (Wildman–Crippen LogP) is 12.6. The van der Waals surface area contributed by atoms with Crippen molar-refractivity contribution in [2.75, 3.05) is 4.90 Å². The van der Waals surface area contributed by atoms with Gasteiger partial charge in [0.15, 0.2) is 5.76 Å². The highest BCUT2D eigenvalue weighted by Gasteiger charge is 2.28. The van der Waals surface area contributed by atoms with E-state index in [9.17, 15) is 0 Å². The van der Waals surface area contributed by atoms with Crippen LogP contribution in [-0.2, 0) is 0 Å². The third kappa shape index (κ3) is 4.09. The molecule has 220 valence electrons. The molecule has 10 rings (SSSR count). The first kappa shape index (κ1) is 26.3. The van der Waals surface area contributed by atoms with Gasteiger partial charge < -0.3 is 9.32 Å². The Labute approximate surface area is 275 Å². The van der Waals surface area contributed by atoms with E-state index in [0.29, 0.717) is 5.89 Å². The standard InChI is InChI=1S/C43H26N2OS/c1-2-9-27(10-3-1)28-19-23-31(24-20-28)45(36-16-8-18-38-40(36)33-13-4-5-17-37(33)47-38)32-25-21-30(22-26-32)43-44-41-34-14-6-11-29-12-7-15-35(39(29)34)42(41)46-43/h1-26H. The van der Waals surface area contributed by atoms with E-state index in [1.54, 1.807) is 0 Å². The molecule has 0 spiro atoms. The van der Waals surface area contributed by atoms with Gasteiger partial charge in [-0.1, -0.05) is 103 Å². The number of rotatable bonds is 5. The zero-order valence-electron chi connectivity index (χ0n) is 25.2. The van der Waals surface area contributed by atoms with Crippen molar-refractivity contribution in [1.82, 2.24) is 4.98 Å². The number of aromatic nitrogens is 1. The molecule has 0 unspecified atom stereocenters. The molecule has 0 bridgehead atoms. The molecular formula is C43H26N2OS. The van der Waals surface area contributed by atoms with Crippen LogP contribution >= 0.6 is 11.3 Å². The number of anilines is 3. The lowest BCUT2D eigenvalue weighted by Gasteiger charge is -2.27. The Balaban J connectivity index is 1.09. The van der Waals surface area contributed by atoms with Crippen LogP contribution < -0.4 is 4.90 Å². The predicted molar refractivity (Wildman–Crippen MR) is 197 cm³/mol. The average molecular weight is 619 g/mol. The zero-order valence-corrected chi connectivity index (χ0v) is 26.0. The lowest BCUT2D eigenvalue weighted by molar-refractivity contribution is 0.590. The van der Waals surface area contributed by atoms with E-state index in [1.807, 2.05) is 11.3 Å².